The molecule has 0 saturated heterocycles. The lowest BCUT2D eigenvalue weighted by molar-refractivity contribution is -0.407. The van der Waals surface area contributed by atoms with Crippen LogP contribution in [0, 0.1) is 23.3 Å². The van der Waals surface area contributed by atoms with E-state index in [1.165, 1.54) is 0 Å². The van der Waals surface area contributed by atoms with Crippen molar-refractivity contribution in [2.75, 3.05) is 0 Å². The normalized spacial score (nSPS) is 19.3. The summed E-state index contributed by atoms with van der Waals surface area (Å²) >= 11 is 0. The zero-order valence-electron chi connectivity index (χ0n) is 13.0. The van der Waals surface area contributed by atoms with Gasteiger partial charge in [0.2, 0.25) is 11.2 Å². The van der Waals surface area contributed by atoms with E-state index in [0.29, 0.717) is 0 Å². The number of carbonyl (C=O) groups is 1. The highest BCUT2D eigenvalue weighted by molar-refractivity contribution is 6.08. The van der Waals surface area contributed by atoms with Crippen molar-refractivity contribution in [3.63, 3.8) is 0 Å². The van der Waals surface area contributed by atoms with Gasteiger partial charge in [-0.05, 0) is 0 Å². The Morgan fingerprint density at radius 2 is 0.900 bits per heavy atom. The Hall–Kier alpha value is -2.23. The first-order valence-electron chi connectivity index (χ1n) is 6.73. The van der Waals surface area contributed by atoms with E-state index in [1.54, 1.807) is 0 Å². The molecule has 1 nitrogen and oxygen atoms in total. The van der Waals surface area contributed by atoms with E-state index in [0.717, 1.165) is 0 Å². The van der Waals surface area contributed by atoms with E-state index in [9.17, 15) is 75.0 Å². The average molecular weight is 476 g/mol. The molecule has 0 N–H and O–H groups in total. The van der Waals surface area contributed by atoms with Gasteiger partial charge in [-0.1, -0.05) is 0 Å². The first kappa shape index (κ1) is 24.0. The summed E-state index contributed by atoms with van der Waals surface area (Å²) in [5.74, 6) is -41.7. The molecule has 0 aromatic heterocycles. The largest absolute Gasteiger partial charge is 0.454 e. The van der Waals surface area contributed by atoms with Crippen LogP contribution in [0.25, 0.3) is 0 Å². The van der Waals surface area contributed by atoms with Crippen LogP contribution in [-0.2, 0) is 5.41 Å². The Bertz CT molecular complexity index is 895. The SMILES string of the molecule is O=C1c2c(F)c(F)c(F)c(F)c2C(C(F)(F)C(F)(F)F)(C(F)(F)C(F)(F)F)C1(F)F. The fraction of sp³-hybridized carbons (Fsp3) is 0.462. The van der Waals surface area contributed by atoms with Gasteiger partial charge in [0.25, 0.3) is 0 Å². The molecule has 0 radical (unpaired) electrons. The Balaban J connectivity index is 3.37. The van der Waals surface area contributed by atoms with Crippen molar-refractivity contribution in [3.8, 4) is 0 Å². The lowest BCUT2D eigenvalue weighted by Gasteiger charge is -2.46. The Labute approximate surface area is 152 Å². The monoisotopic (exact) mass is 476 g/mol. The molecule has 30 heavy (non-hydrogen) atoms. The van der Waals surface area contributed by atoms with E-state index in [1.807, 2.05) is 0 Å². The van der Waals surface area contributed by atoms with Crippen LogP contribution in [0.3, 0.4) is 0 Å². The number of carbonyl (C=O) groups excluding carboxylic acids is 1. The number of rotatable bonds is 2. The third-order valence-corrected chi connectivity index (χ3v) is 4.28. The summed E-state index contributed by atoms with van der Waals surface area (Å²) in [6.07, 6.45) is -15.6. The Morgan fingerprint density at radius 3 is 1.23 bits per heavy atom. The number of ketones is 1. The fourth-order valence-corrected chi connectivity index (χ4v) is 3.01. The molecular formula is C13F16O. The third-order valence-electron chi connectivity index (χ3n) is 4.28. The predicted octanol–water partition coefficient (Wildman–Crippen LogP) is 5.71. The van der Waals surface area contributed by atoms with Crippen molar-refractivity contribution < 1.29 is 75.0 Å². The van der Waals surface area contributed by atoms with E-state index >= 15 is 0 Å². The fourth-order valence-electron chi connectivity index (χ4n) is 3.01. The number of alkyl halides is 12. The highest BCUT2D eigenvalue weighted by Gasteiger charge is 2.96. The molecule has 170 valence electrons. The van der Waals surface area contributed by atoms with Gasteiger partial charge in [0.15, 0.2) is 23.3 Å². The van der Waals surface area contributed by atoms with Crippen molar-refractivity contribution in [1.82, 2.24) is 0 Å². The molecule has 17 heteroatoms. The number of halogens is 16. The van der Waals surface area contributed by atoms with E-state index in [4.69, 9.17) is 0 Å². The van der Waals surface area contributed by atoms with Crippen molar-refractivity contribution in [2.45, 2.75) is 35.5 Å². The third kappa shape index (κ3) is 2.31. The van der Waals surface area contributed by atoms with Crippen molar-refractivity contribution >= 4 is 5.78 Å². The van der Waals surface area contributed by atoms with Gasteiger partial charge in [-0.2, -0.15) is 52.7 Å². The summed E-state index contributed by atoms with van der Waals surface area (Å²) in [6, 6.07) is 0. The van der Waals surface area contributed by atoms with Crippen LogP contribution in [-0.4, -0.2) is 35.9 Å². The van der Waals surface area contributed by atoms with Gasteiger partial charge in [0.1, 0.15) is 0 Å². The van der Waals surface area contributed by atoms with Crippen LogP contribution in [0.5, 0.6) is 0 Å². The summed E-state index contributed by atoms with van der Waals surface area (Å²) < 4.78 is 215. The van der Waals surface area contributed by atoms with Crippen LogP contribution < -0.4 is 0 Å². The van der Waals surface area contributed by atoms with Gasteiger partial charge in [0, 0.05) is 5.56 Å². The summed E-state index contributed by atoms with van der Waals surface area (Å²) in [5.41, 5.74) is -15.0. The number of fused-ring (bicyclic) bond motifs is 1. The Morgan fingerprint density at radius 1 is 0.567 bits per heavy atom. The standard InChI is InChI=1S/C13F16O/c14-3-1-2(4(15)6(17)5(3)16)8(9(18,19)7(1)30,10(20,21)12(24,25)26)11(22,23)13(27,28)29. The van der Waals surface area contributed by atoms with Gasteiger partial charge < -0.3 is 0 Å². The molecule has 0 unspecified atom stereocenters. The number of Topliss-reactive ketones (excluding diaryl/α,β-unsaturated/α-hetero) is 1. The van der Waals surface area contributed by atoms with Crippen molar-refractivity contribution in [3.05, 3.63) is 34.4 Å². The minimum absolute atomic E-state index is 3.32. The summed E-state index contributed by atoms with van der Waals surface area (Å²) in [4.78, 5) is 11.5. The molecule has 0 amide bonds. The molecule has 0 aliphatic heterocycles. The topological polar surface area (TPSA) is 17.1 Å². The maximum Gasteiger partial charge on any atom is 0.454 e. The van der Waals surface area contributed by atoms with Crippen LogP contribution in [0.4, 0.5) is 70.2 Å². The van der Waals surface area contributed by atoms with Crippen LogP contribution in [0.15, 0.2) is 0 Å². The second-order valence-electron chi connectivity index (χ2n) is 5.80. The lowest BCUT2D eigenvalue weighted by Crippen LogP contribution is -2.74. The van der Waals surface area contributed by atoms with Crippen LogP contribution >= 0.6 is 0 Å². The first-order chi connectivity index (χ1) is 13.0. The van der Waals surface area contributed by atoms with Crippen LogP contribution in [0.2, 0.25) is 0 Å². The highest BCUT2D eigenvalue weighted by Crippen LogP contribution is 2.70. The quantitative estimate of drug-likeness (QED) is 0.304. The second kappa shape index (κ2) is 5.93. The summed E-state index contributed by atoms with van der Waals surface area (Å²) in [6.45, 7) is 0. The van der Waals surface area contributed by atoms with Gasteiger partial charge >= 0.3 is 30.1 Å². The number of hydrogen-bond donors (Lipinski definition) is 0. The summed E-state index contributed by atoms with van der Waals surface area (Å²) in [5, 5.41) is 0. The minimum Gasteiger partial charge on any atom is -0.287 e. The molecule has 0 fully saturated rings. The number of hydrogen-bond acceptors (Lipinski definition) is 1. The molecule has 0 heterocycles. The van der Waals surface area contributed by atoms with Gasteiger partial charge in [-0.25, -0.2) is 17.6 Å². The molecule has 0 atom stereocenters. The average Bonchev–Trinajstić information content (AvgIpc) is 2.74. The maximum absolute atomic E-state index is 14.2. The number of benzene rings is 1. The van der Waals surface area contributed by atoms with Crippen molar-refractivity contribution in [2.24, 2.45) is 0 Å². The molecule has 0 spiro atoms. The van der Waals surface area contributed by atoms with Gasteiger partial charge in [-0.15, -0.1) is 0 Å². The molecule has 1 aromatic rings. The van der Waals surface area contributed by atoms with Crippen LogP contribution in [0.1, 0.15) is 15.9 Å². The molecular weight excluding hydrogens is 476 g/mol. The molecule has 2 rings (SSSR count). The predicted molar refractivity (Wildman–Crippen MR) is 59.2 cm³/mol. The summed E-state index contributed by atoms with van der Waals surface area (Å²) in [7, 11) is 0. The zero-order valence-corrected chi connectivity index (χ0v) is 13.0. The second-order valence-corrected chi connectivity index (χ2v) is 5.80. The smallest absolute Gasteiger partial charge is 0.287 e. The van der Waals surface area contributed by atoms with Gasteiger partial charge in [0.05, 0.1) is 5.56 Å². The Kier molecular flexibility index (Phi) is 4.75. The molecule has 1 aliphatic rings. The lowest BCUT2D eigenvalue weighted by atomic mass is 9.67. The molecule has 0 bridgehead atoms. The highest BCUT2D eigenvalue weighted by atomic mass is 19.4. The molecule has 1 aromatic carbocycles. The van der Waals surface area contributed by atoms with E-state index in [-0.39, 0.29) is 0 Å². The maximum atomic E-state index is 14.2. The zero-order chi connectivity index (χ0) is 24.0. The molecule has 1 aliphatic carbocycles. The van der Waals surface area contributed by atoms with E-state index < -0.39 is 75.7 Å². The van der Waals surface area contributed by atoms with Gasteiger partial charge in [-0.3, -0.25) is 4.79 Å². The molecule has 0 saturated carbocycles. The first-order valence-corrected chi connectivity index (χ1v) is 6.73. The minimum atomic E-state index is -8.05. The van der Waals surface area contributed by atoms with E-state index in [2.05, 4.69) is 0 Å². The van der Waals surface area contributed by atoms with Crippen molar-refractivity contribution in [1.29, 1.82) is 0 Å².